The summed E-state index contributed by atoms with van der Waals surface area (Å²) in [4.78, 5) is 18.9. The van der Waals surface area contributed by atoms with Gasteiger partial charge in [-0.05, 0) is 30.9 Å². The standard InChI is InChI=1S/C20H25N3O2S/c1-21-18(24)12-15-13-20(25-17-5-3-2-4-16(15)17)6-9-23(10-7-20)14-19-22-8-11-26-19/h2-5,8,11,15H,6-7,9-10,12-14H2,1H3,(H,21,24)/t15-/m0/s1. The molecule has 1 atom stereocenters. The predicted molar refractivity (Wildman–Crippen MR) is 102 cm³/mol. The van der Waals surface area contributed by atoms with Gasteiger partial charge in [0.15, 0.2) is 0 Å². The Morgan fingerprint density at radius 2 is 2.19 bits per heavy atom. The van der Waals surface area contributed by atoms with Crippen molar-refractivity contribution in [3.05, 3.63) is 46.4 Å². The van der Waals surface area contributed by atoms with E-state index in [0.29, 0.717) is 6.42 Å². The average molecular weight is 372 g/mol. The van der Waals surface area contributed by atoms with Crippen LogP contribution in [0.2, 0.25) is 0 Å². The number of carbonyl (C=O) groups is 1. The average Bonchev–Trinajstić information content (AvgIpc) is 3.17. The molecule has 0 bridgehead atoms. The SMILES string of the molecule is CNC(=O)C[C@H]1CC2(CCN(Cc3nccs3)CC2)Oc2ccccc21. The van der Waals surface area contributed by atoms with Gasteiger partial charge in [-0.25, -0.2) is 4.98 Å². The Kier molecular flexibility index (Phi) is 4.96. The summed E-state index contributed by atoms with van der Waals surface area (Å²) in [6.45, 7) is 2.94. The first-order valence-corrected chi connectivity index (χ1v) is 10.1. The van der Waals surface area contributed by atoms with E-state index >= 15 is 0 Å². The molecule has 1 spiro atoms. The highest BCUT2D eigenvalue weighted by Gasteiger charge is 2.43. The number of thiazole rings is 1. The highest BCUT2D eigenvalue weighted by Crippen LogP contribution is 2.46. The number of piperidine rings is 1. The number of ether oxygens (including phenoxy) is 1. The molecule has 1 fully saturated rings. The normalized spacial score (nSPS) is 21.8. The molecule has 0 aliphatic carbocycles. The molecule has 0 radical (unpaired) electrons. The lowest BCUT2D eigenvalue weighted by Gasteiger charge is -2.46. The van der Waals surface area contributed by atoms with Gasteiger partial charge in [-0.3, -0.25) is 9.69 Å². The maximum Gasteiger partial charge on any atom is 0.220 e. The van der Waals surface area contributed by atoms with Gasteiger partial charge < -0.3 is 10.1 Å². The number of carbonyl (C=O) groups excluding carboxylic acids is 1. The van der Waals surface area contributed by atoms with E-state index in [1.807, 2.05) is 23.7 Å². The number of aromatic nitrogens is 1. The second-order valence-electron chi connectivity index (χ2n) is 7.30. The van der Waals surface area contributed by atoms with Crippen molar-refractivity contribution in [2.75, 3.05) is 20.1 Å². The van der Waals surface area contributed by atoms with Crippen molar-refractivity contribution in [2.24, 2.45) is 0 Å². The van der Waals surface area contributed by atoms with E-state index in [2.05, 4.69) is 27.3 Å². The minimum atomic E-state index is -0.146. The van der Waals surface area contributed by atoms with Crippen molar-refractivity contribution in [2.45, 2.75) is 43.7 Å². The number of benzene rings is 1. The molecule has 1 saturated heterocycles. The minimum absolute atomic E-state index is 0.100. The van der Waals surface area contributed by atoms with Crippen molar-refractivity contribution >= 4 is 17.2 Å². The number of nitrogens with one attached hydrogen (secondary N) is 1. The number of hydrogen-bond donors (Lipinski definition) is 1. The van der Waals surface area contributed by atoms with Gasteiger partial charge in [0.2, 0.25) is 5.91 Å². The Labute approximate surface area is 158 Å². The summed E-state index contributed by atoms with van der Waals surface area (Å²) in [5.74, 6) is 1.29. The van der Waals surface area contributed by atoms with Gasteiger partial charge in [-0.15, -0.1) is 11.3 Å². The zero-order chi connectivity index (χ0) is 18.0. The maximum absolute atomic E-state index is 12.0. The van der Waals surface area contributed by atoms with E-state index in [-0.39, 0.29) is 17.4 Å². The number of likely N-dealkylation sites (tertiary alicyclic amines) is 1. The fourth-order valence-corrected chi connectivity index (χ4v) is 4.86. The van der Waals surface area contributed by atoms with Gasteiger partial charge in [0.25, 0.3) is 0 Å². The zero-order valence-electron chi connectivity index (χ0n) is 15.1. The van der Waals surface area contributed by atoms with Crippen LogP contribution in [0.4, 0.5) is 0 Å². The van der Waals surface area contributed by atoms with Crippen LogP contribution in [0.5, 0.6) is 5.75 Å². The Bertz CT molecular complexity index is 754. The quantitative estimate of drug-likeness (QED) is 0.897. The molecule has 1 amide bonds. The number of hydrogen-bond acceptors (Lipinski definition) is 5. The molecular weight excluding hydrogens is 346 g/mol. The largest absolute Gasteiger partial charge is 0.487 e. The number of fused-ring (bicyclic) bond motifs is 1. The molecule has 0 saturated carbocycles. The van der Waals surface area contributed by atoms with Crippen LogP contribution in [0.3, 0.4) is 0 Å². The van der Waals surface area contributed by atoms with Crippen LogP contribution < -0.4 is 10.1 Å². The maximum atomic E-state index is 12.0. The number of nitrogens with zero attached hydrogens (tertiary/aromatic N) is 2. The molecule has 2 aliphatic heterocycles. The smallest absolute Gasteiger partial charge is 0.220 e. The number of rotatable bonds is 4. The molecule has 26 heavy (non-hydrogen) atoms. The van der Waals surface area contributed by atoms with Crippen LogP contribution in [0.15, 0.2) is 35.8 Å². The van der Waals surface area contributed by atoms with Crippen LogP contribution in [-0.4, -0.2) is 41.5 Å². The van der Waals surface area contributed by atoms with E-state index < -0.39 is 0 Å². The Morgan fingerprint density at radius 3 is 2.92 bits per heavy atom. The van der Waals surface area contributed by atoms with Gasteiger partial charge in [-0.1, -0.05) is 18.2 Å². The monoisotopic (exact) mass is 371 g/mol. The molecule has 1 N–H and O–H groups in total. The second-order valence-corrected chi connectivity index (χ2v) is 8.28. The van der Waals surface area contributed by atoms with Crippen LogP contribution >= 0.6 is 11.3 Å². The molecule has 3 heterocycles. The van der Waals surface area contributed by atoms with Gasteiger partial charge in [0, 0.05) is 44.1 Å². The molecule has 138 valence electrons. The summed E-state index contributed by atoms with van der Waals surface area (Å²) in [5.41, 5.74) is 1.03. The third-order valence-corrected chi connectivity index (χ3v) is 6.39. The third kappa shape index (κ3) is 3.62. The van der Waals surface area contributed by atoms with Crippen molar-refractivity contribution in [1.29, 1.82) is 0 Å². The van der Waals surface area contributed by atoms with Crippen molar-refractivity contribution in [3.63, 3.8) is 0 Å². The van der Waals surface area contributed by atoms with E-state index in [4.69, 9.17) is 4.74 Å². The van der Waals surface area contributed by atoms with Gasteiger partial charge in [-0.2, -0.15) is 0 Å². The molecule has 5 nitrogen and oxygen atoms in total. The first kappa shape index (κ1) is 17.5. The van der Waals surface area contributed by atoms with Crippen LogP contribution in [0, 0.1) is 0 Å². The minimum Gasteiger partial charge on any atom is -0.487 e. The summed E-state index contributed by atoms with van der Waals surface area (Å²) < 4.78 is 6.52. The summed E-state index contributed by atoms with van der Waals surface area (Å²) in [6, 6.07) is 8.21. The van der Waals surface area contributed by atoms with Crippen LogP contribution in [-0.2, 0) is 11.3 Å². The van der Waals surface area contributed by atoms with E-state index in [1.54, 1.807) is 18.4 Å². The summed E-state index contributed by atoms with van der Waals surface area (Å²) in [5, 5.41) is 5.98. The number of para-hydroxylation sites is 1. The lowest BCUT2D eigenvalue weighted by Crippen LogP contribution is -2.50. The summed E-state index contributed by atoms with van der Waals surface area (Å²) in [6.07, 6.45) is 5.31. The van der Waals surface area contributed by atoms with Crippen molar-refractivity contribution in [3.8, 4) is 5.75 Å². The molecule has 4 rings (SSSR count). The second kappa shape index (κ2) is 7.37. The molecule has 0 unspecified atom stereocenters. The zero-order valence-corrected chi connectivity index (χ0v) is 15.9. The molecule has 6 heteroatoms. The summed E-state index contributed by atoms with van der Waals surface area (Å²) in [7, 11) is 1.71. The number of amides is 1. The molecule has 1 aromatic carbocycles. The fourth-order valence-electron chi connectivity index (χ4n) is 4.20. The molecule has 2 aliphatic rings. The third-order valence-electron chi connectivity index (χ3n) is 5.62. The van der Waals surface area contributed by atoms with E-state index in [0.717, 1.165) is 44.6 Å². The lowest BCUT2D eigenvalue weighted by atomic mass is 9.76. The first-order valence-electron chi connectivity index (χ1n) is 9.27. The Balaban J connectivity index is 1.48. The highest BCUT2D eigenvalue weighted by atomic mass is 32.1. The van der Waals surface area contributed by atoms with Crippen molar-refractivity contribution in [1.82, 2.24) is 15.2 Å². The first-order chi connectivity index (χ1) is 12.7. The Hall–Kier alpha value is -1.92. The van der Waals surface area contributed by atoms with E-state index in [9.17, 15) is 4.79 Å². The van der Waals surface area contributed by atoms with Crippen LogP contribution in [0.1, 0.15) is 42.2 Å². The lowest BCUT2D eigenvalue weighted by molar-refractivity contribution is -0.121. The topological polar surface area (TPSA) is 54.5 Å². The van der Waals surface area contributed by atoms with Gasteiger partial charge >= 0.3 is 0 Å². The van der Waals surface area contributed by atoms with Gasteiger partial charge in [0.1, 0.15) is 16.4 Å². The predicted octanol–water partition coefficient (Wildman–Crippen LogP) is 3.18. The molecule has 1 aromatic heterocycles. The molecular formula is C20H25N3O2S. The molecule has 2 aromatic rings. The fraction of sp³-hybridized carbons (Fsp3) is 0.500. The highest BCUT2D eigenvalue weighted by molar-refractivity contribution is 7.09. The summed E-state index contributed by atoms with van der Waals surface area (Å²) >= 11 is 1.72. The van der Waals surface area contributed by atoms with Crippen LogP contribution in [0.25, 0.3) is 0 Å². The van der Waals surface area contributed by atoms with Gasteiger partial charge in [0.05, 0.1) is 6.54 Å². The Morgan fingerprint density at radius 1 is 1.38 bits per heavy atom. The van der Waals surface area contributed by atoms with Crippen molar-refractivity contribution < 1.29 is 9.53 Å². The van der Waals surface area contributed by atoms with E-state index in [1.165, 1.54) is 10.6 Å².